The van der Waals surface area contributed by atoms with Crippen LogP contribution in [0.4, 0.5) is 19.0 Å². The van der Waals surface area contributed by atoms with Gasteiger partial charge in [-0.1, -0.05) is 6.07 Å². The highest BCUT2D eigenvalue weighted by Crippen LogP contribution is 2.32. The van der Waals surface area contributed by atoms with Gasteiger partial charge >= 0.3 is 6.18 Å². The van der Waals surface area contributed by atoms with E-state index in [0.29, 0.717) is 23.2 Å². The number of nitrogens with one attached hydrogen (secondary N) is 1. The van der Waals surface area contributed by atoms with Crippen LogP contribution >= 0.6 is 0 Å². The molecule has 3 aromatic heterocycles. The van der Waals surface area contributed by atoms with Crippen LogP contribution in [0.2, 0.25) is 0 Å². The molecule has 0 aliphatic carbocycles. The molecule has 3 N–H and O–H groups in total. The lowest BCUT2D eigenvalue weighted by molar-refractivity contribution is -0.141. The van der Waals surface area contributed by atoms with Crippen LogP contribution in [0.5, 0.6) is 0 Å². The van der Waals surface area contributed by atoms with Crippen molar-refractivity contribution >= 4 is 22.6 Å². The second kappa shape index (κ2) is 9.09. The Hall–Kier alpha value is -4.01. The van der Waals surface area contributed by atoms with Crippen molar-refractivity contribution in [1.29, 1.82) is 0 Å². The zero-order valence-corrected chi connectivity index (χ0v) is 18.6. The highest BCUT2D eigenvalue weighted by molar-refractivity contribution is 5.94. The molecule has 1 amide bonds. The SMILES string of the molecule is Cc1cnc2ccc(Cc3cc(C(=O)NCc4c(C)cc(N)nc4C(F)(F)F)ccn3)cc2c1. The maximum absolute atomic E-state index is 13.4. The molecular weight excluding hydrogens is 443 g/mol. The summed E-state index contributed by atoms with van der Waals surface area (Å²) in [5, 5.41) is 3.57. The molecule has 3 heterocycles. The van der Waals surface area contributed by atoms with E-state index in [9.17, 15) is 18.0 Å². The number of alkyl halides is 3. The number of rotatable bonds is 5. The van der Waals surface area contributed by atoms with Crippen molar-refractivity contribution in [3.63, 3.8) is 0 Å². The van der Waals surface area contributed by atoms with Gasteiger partial charge in [-0.15, -0.1) is 0 Å². The first kappa shape index (κ1) is 23.2. The summed E-state index contributed by atoms with van der Waals surface area (Å²) in [4.78, 5) is 24.9. The third-order valence-electron chi connectivity index (χ3n) is 5.41. The third-order valence-corrected chi connectivity index (χ3v) is 5.41. The zero-order chi connectivity index (χ0) is 24.5. The first-order valence-electron chi connectivity index (χ1n) is 10.5. The molecule has 1 aromatic carbocycles. The Labute approximate surface area is 194 Å². The van der Waals surface area contributed by atoms with Gasteiger partial charge in [0, 0.05) is 47.6 Å². The molecule has 0 aliphatic rings. The molecule has 0 fully saturated rings. The lowest BCUT2D eigenvalue weighted by atomic mass is 10.0. The molecule has 0 atom stereocenters. The second-order valence-corrected chi connectivity index (χ2v) is 8.12. The van der Waals surface area contributed by atoms with Gasteiger partial charge in [-0.25, -0.2) is 4.98 Å². The summed E-state index contributed by atoms with van der Waals surface area (Å²) in [6, 6.07) is 12.5. The topological polar surface area (TPSA) is 93.8 Å². The van der Waals surface area contributed by atoms with E-state index in [1.165, 1.54) is 25.3 Å². The molecule has 9 heteroatoms. The van der Waals surface area contributed by atoms with Crippen LogP contribution < -0.4 is 11.1 Å². The van der Waals surface area contributed by atoms with Gasteiger partial charge in [0.05, 0.1) is 5.52 Å². The summed E-state index contributed by atoms with van der Waals surface area (Å²) >= 11 is 0. The van der Waals surface area contributed by atoms with E-state index >= 15 is 0 Å². The van der Waals surface area contributed by atoms with E-state index in [2.05, 4.69) is 20.3 Å². The number of pyridine rings is 3. The summed E-state index contributed by atoms with van der Waals surface area (Å²) in [7, 11) is 0. The smallest absolute Gasteiger partial charge is 0.384 e. The number of fused-ring (bicyclic) bond motifs is 1. The molecule has 0 saturated heterocycles. The first-order valence-corrected chi connectivity index (χ1v) is 10.5. The molecule has 0 spiro atoms. The van der Waals surface area contributed by atoms with Crippen LogP contribution in [0.1, 0.15) is 44.0 Å². The number of carbonyl (C=O) groups is 1. The summed E-state index contributed by atoms with van der Waals surface area (Å²) in [5.74, 6) is -0.732. The van der Waals surface area contributed by atoms with Crippen LogP contribution in [0.25, 0.3) is 10.9 Å². The molecule has 0 saturated carbocycles. The molecule has 174 valence electrons. The van der Waals surface area contributed by atoms with Crippen molar-refractivity contribution in [1.82, 2.24) is 20.3 Å². The van der Waals surface area contributed by atoms with Crippen molar-refractivity contribution in [3.8, 4) is 0 Å². The van der Waals surface area contributed by atoms with Crippen LogP contribution in [0.3, 0.4) is 0 Å². The number of amides is 1. The summed E-state index contributed by atoms with van der Waals surface area (Å²) in [6.45, 7) is 3.14. The second-order valence-electron chi connectivity index (χ2n) is 8.12. The first-order chi connectivity index (χ1) is 16.1. The van der Waals surface area contributed by atoms with Crippen molar-refractivity contribution in [3.05, 3.63) is 94.1 Å². The Morgan fingerprint density at radius 3 is 2.62 bits per heavy atom. The molecule has 0 aliphatic heterocycles. The lowest BCUT2D eigenvalue weighted by Crippen LogP contribution is -2.26. The highest BCUT2D eigenvalue weighted by Gasteiger charge is 2.36. The van der Waals surface area contributed by atoms with E-state index in [-0.39, 0.29) is 17.9 Å². The minimum absolute atomic E-state index is 0.121. The van der Waals surface area contributed by atoms with Gasteiger partial charge in [0.1, 0.15) is 5.82 Å². The normalized spacial score (nSPS) is 11.6. The zero-order valence-electron chi connectivity index (χ0n) is 18.6. The molecule has 0 radical (unpaired) electrons. The van der Waals surface area contributed by atoms with Gasteiger partial charge in [-0.05, 0) is 66.9 Å². The number of nitrogens with two attached hydrogens (primary N) is 1. The van der Waals surface area contributed by atoms with Gasteiger partial charge < -0.3 is 11.1 Å². The minimum atomic E-state index is -4.68. The minimum Gasteiger partial charge on any atom is -0.384 e. The number of benzene rings is 1. The van der Waals surface area contributed by atoms with Gasteiger partial charge in [-0.3, -0.25) is 14.8 Å². The van der Waals surface area contributed by atoms with Gasteiger partial charge in [0.2, 0.25) is 0 Å². The van der Waals surface area contributed by atoms with Crippen LogP contribution in [0.15, 0.2) is 54.9 Å². The lowest BCUT2D eigenvalue weighted by Gasteiger charge is -2.16. The summed E-state index contributed by atoms with van der Waals surface area (Å²) < 4.78 is 40.2. The fourth-order valence-electron chi connectivity index (χ4n) is 3.78. The number of hydrogen-bond donors (Lipinski definition) is 2. The van der Waals surface area contributed by atoms with Crippen LogP contribution in [-0.4, -0.2) is 20.9 Å². The number of anilines is 1. The number of hydrogen-bond acceptors (Lipinski definition) is 5. The van der Waals surface area contributed by atoms with Crippen molar-refractivity contribution in [2.75, 3.05) is 5.73 Å². The van der Waals surface area contributed by atoms with E-state index < -0.39 is 17.8 Å². The number of halogens is 3. The standard InChI is InChI=1S/C25H22F3N5O/c1-14-7-18-9-16(3-4-21(18)31-12-14)10-19-11-17(5-6-30-19)24(34)32-13-20-15(2)8-22(29)33-23(20)25(26,27)28/h3-9,11-12H,10,13H2,1-2H3,(H2,29,33)(H,32,34). The largest absolute Gasteiger partial charge is 0.433 e. The van der Waals surface area contributed by atoms with Gasteiger partial charge in [0.15, 0.2) is 5.69 Å². The Balaban J connectivity index is 1.51. The molecule has 0 unspecified atom stereocenters. The quantitative estimate of drug-likeness (QED) is 0.443. The average molecular weight is 465 g/mol. The number of nitrogen functional groups attached to an aromatic ring is 1. The fourth-order valence-corrected chi connectivity index (χ4v) is 3.78. The predicted octanol–water partition coefficient (Wildman–Crippen LogP) is 4.76. The third kappa shape index (κ3) is 5.14. The Morgan fingerprint density at radius 2 is 1.85 bits per heavy atom. The van der Waals surface area contributed by atoms with Crippen molar-refractivity contribution in [2.45, 2.75) is 33.0 Å². The number of aryl methyl sites for hydroxylation is 2. The summed E-state index contributed by atoms with van der Waals surface area (Å²) in [6.07, 6.45) is -0.873. The van der Waals surface area contributed by atoms with E-state index in [4.69, 9.17) is 5.73 Å². The molecule has 34 heavy (non-hydrogen) atoms. The summed E-state index contributed by atoms with van der Waals surface area (Å²) in [5.41, 5.74) is 8.48. The molecule has 0 bridgehead atoms. The van der Waals surface area contributed by atoms with Crippen molar-refractivity contribution < 1.29 is 18.0 Å². The maximum atomic E-state index is 13.4. The van der Waals surface area contributed by atoms with Crippen LogP contribution in [-0.2, 0) is 19.1 Å². The number of nitrogens with zero attached hydrogens (tertiary/aromatic N) is 3. The average Bonchev–Trinajstić information content (AvgIpc) is 2.77. The Morgan fingerprint density at radius 1 is 1.06 bits per heavy atom. The molecule has 6 nitrogen and oxygen atoms in total. The fraction of sp³-hybridized carbons (Fsp3) is 0.200. The van der Waals surface area contributed by atoms with E-state index in [1.54, 1.807) is 6.07 Å². The Kier molecular flexibility index (Phi) is 6.19. The maximum Gasteiger partial charge on any atom is 0.433 e. The monoisotopic (exact) mass is 465 g/mol. The number of carbonyl (C=O) groups excluding carboxylic acids is 1. The Bertz CT molecular complexity index is 1390. The predicted molar refractivity (Wildman–Crippen MR) is 123 cm³/mol. The van der Waals surface area contributed by atoms with E-state index in [1.807, 2.05) is 37.4 Å². The van der Waals surface area contributed by atoms with Gasteiger partial charge in [-0.2, -0.15) is 13.2 Å². The molecule has 4 aromatic rings. The van der Waals surface area contributed by atoms with Crippen LogP contribution in [0, 0.1) is 13.8 Å². The van der Waals surface area contributed by atoms with E-state index in [0.717, 1.165) is 22.0 Å². The number of aromatic nitrogens is 3. The van der Waals surface area contributed by atoms with Crippen molar-refractivity contribution in [2.24, 2.45) is 0 Å². The highest BCUT2D eigenvalue weighted by atomic mass is 19.4. The molecular formula is C25H22F3N5O. The molecule has 4 rings (SSSR count). The van der Waals surface area contributed by atoms with Gasteiger partial charge in [0.25, 0.3) is 5.91 Å².